The molecule has 3 nitrogen and oxygen atoms in total. The zero-order valence-electron chi connectivity index (χ0n) is 19.8. The molecule has 10 heteroatoms. The smallest absolute Gasteiger partial charge is 0.426 e. The van der Waals surface area contributed by atoms with Gasteiger partial charge in [0.05, 0.1) is 0 Å². The van der Waals surface area contributed by atoms with Crippen LogP contribution in [0.4, 0.5) is 30.7 Å². The number of hydrogen-bond acceptors (Lipinski definition) is 3. The molecule has 0 aromatic rings. The summed E-state index contributed by atoms with van der Waals surface area (Å²) in [6.07, 6.45) is 1.29. The Hall–Kier alpha value is -1.87. The molecule has 2 fully saturated rings. The second-order valence-corrected chi connectivity index (χ2v) is 11.1. The molecule has 4 rings (SSSR count). The van der Waals surface area contributed by atoms with Gasteiger partial charge in [0.15, 0.2) is 0 Å². The lowest BCUT2D eigenvalue weighted by atomic mass is 9.48. The molecule has 4 aliphatic carbocycles. The number of halogens is 7. The molecule has 35 heavy (non-hydrogen) atoms. The summed E-state index contributed by atoms with van der Waals surface area (Å²) in [7, 11) is 0. The van der Waals surface area contributed by atoms with Crippen molar-refractivity contribution in [3.63, 3.8) is 0 Å². The van der Waals surface area contributed by atoms with E-state index in [-0.39, 0.29) is 40.6 Å². The number of alkyl halides is 7. The molecule has 2 saturated carbocycles. The predicted molar refractivity (Wildman–Crippen MR) is 111 cm³/mol. The molecule has 0 aromatic heterocycles. The molecule has 196 valence electrons. The zero-order valence-corrected chi connectivity index (χ0v) is 19.8. The summed E-state index contributed by atoms with van der Waals surface area (Å²) in [5.74, 6) is -14.7. The lowest BCUT2D eigenvalue weighted by Crippen LogP contribution is -2.56. The first-order chi connectivity index (χ1) is 16.0. The van der Waals surface area contributed by atoms with E-state index in [1.54, 1.807) is 6.92 Å². The molecule has 0 N–H and O–H groups in total. The Morgan fingerprint density at radius 2 is 1.63 bits per heavy atom. The Morgan fingerprint density at radius 3 is 2.23 bits per heavy atom. The maximum absolute atomic E-state index is 13.7. The van der Waals surface area contributed by atoms with Crippen LogP contribution in [0, 0.1) is 34.5 Å². The van der Waals surface area contributed by atoms with Gasteiger partial charge in [0.25, 0.3) is 0 Å². The van der Waals surface area contributed by atoms with E-state index in [0.717, 1.165) is 31.3 Å². The van der Waals surface area contributed by atoms with Crippen LogP contribution in [-0.2, 0) is 14.3 Å². The molecular weight excluding hydrogens is 481 g/mol. The lowest BCUT2D eigenvalue weighted by Gasteiger charge is -2.56. The molecule has 0 aliphatic heterocycles. The number of carbonyl (C=O) groups is 2. The van der Waals surface area contributed by atoms with E-state index in [2.05, 4.69) is 11.7 Å². The number of carbonyl (C=O) groups excluding carboxylic acids is 2. The quantitative estimate of drug-likeness (QED) is 0.301. The van der Waals surface area contributed by atoms with Gasteiger partial charge in [0.1, 0.15) is 11.5 Å². The van der Waals surface area contributed by atoms with Crippen molar-refractivity contribution in [2.45, 2.75) is 83.7 Å². The van der Waals surface area contributed by atoms with Crippen molar-refractivity contribution in [1.29, 1.82) is 0 Å². The highest BCUT2D eigenvalue weighted by Gasteiger charge is 2.77. The largest absolute Gasteiger partial charge is 0.460 e. The Balaban J connectivity index is 1.55. The first kappa shape index (κ1) is 26.2. The maximum Gasteiger partial charge on any atom is 0.460 e. The van der Waals surface area contributed by atoms with Gasteiger partial charge in [-0.15, -0.1) is 0 Å². The Labute approximate surface area is 199 Å². The van der Waals surface area contributed by atoms with E-state index < -0.39 is 24.0 Å². The molecule has 0 unspecified atom stereocenters. The first-order valence-corrected chi connectivity index (χ1v) is 11.9. The normalized spacial score (nSPS) is 37.4. The number of ether oxygens (including phenoxy) is 1. The fourth-order valence-corrected chi connectivity index (χ4v) is 7.54. The first-order valence-electron chi connectivity index (χ1n) is 11.9. The summed E-state index contributed by atoms with van der Waals surface area (Å²) in [5, 5.41) is 0. The van der Waals surface area contributed by atoms with Crippen LogP contribution in [0.3, 0.4) is 0 Å². The highest BCUT2D eigenvalue weighted by Crippen LogP contribution is 2.66. The van der Waals surface area contributed by atoms with Gasteiger partial charge in [-0.25, -0.2) is 4.79 Å². The number of esters is 1. The van der Waals surface area contributed by atoms with Gasteiger partial charge in [-0.05, 0) is 85.7 Å². The van der Waals surface area contributed by atoms with Gasteiger partial charge in [0, 0.05) is 12.3 Å². The van der Waals surface area contributed by atoms with E-state index in [9.17, 15) is 40.3 Å². The fraction of sp³-hybridized carbons (Fsp3) is 0.760. The van der Waals surface area contributed by atoms with Gasteiger partial charge in [-0.1, -0.05) is 19.9 Å². The Bertz CT molecular complexity index is 982. The predicted octanol–water partition coefficient (Wildman–Crippen LogP) is 7.02. The average molecular weight is 510 g/mol. The fourth-order valence-electron chi connectivity index (χ4n) is 7.54. The Morgan fingerprint density at radius 1 is 0.971 bits per heavy atom. The minimum atomic E-state index is -6.60. The molecule has 6 atom stereocenters. The SMILES string of the molecule is CC(=O)[C@H]1CC[C@H]2[C@@H]3CC=C4C=C(OC(=O)C(F)(F)C(F)(F)C(F)(F)F)CC[C@]4(C)[C@H]3CC[C@]12C. The Kier molecular flexibility index (Phi) is 6.04. The summed E-state index contributed by atoms with van der Waals surface area (Å²) in [6, 6.07) is 0. The third-order valence-corrected chi connectivity index (χ3v) is 9.45. The molecule has 0 heterocycles. The third kappa shape index (κ3) is 3.76. The van der Waals surface area contributed by atoms with Crippen molar-refractivity contribution in [1.82, 2.24) is 0 Å². The highest BCUT2D eigenvalue weighted by atomic mass is 19.4. The van der Waals surface area contributed by atoms with Gasteiger partial charge in [-0.3, -0.25) is 4.79 Å². The maximum atomic E-state index is 13.7. The minimum absolute atomic E-state index is 0.0333. The standard InChI is InChI=1S/C25H29F7O3/c1-13(33)17-6-7-18-16-5-4-14-12-15(8-10-21(14,2)19(16)9-11-22(17,18)3)35-20(34)23(26,27)24(28,29)25(30,31)32/h4,12,16-19H,5-11H2,1-3H3/t16-,17+,18-,19-,21-,22+/m0/s1. The number of hydrogen-bond donors (Lipinski definition) is 0. The van der Waals surface area contributed by atoms with E-state index >= 15 is 0 Å². The van der Waals surface area contributed by atoms with Gasteiger partial charge in [-0.2, -0.15) is 30.7 Å². The van der Waals surface area contributed by atoms with Crippen LogP contribution in [0.5, 0.6) is 0 Å². The molecule has 4 aliphatic rings. The number of rotatable bonds is 4. The van der Waals surface area contributed by atoms with Crippen LogP contribution in [-0.4, -0.2) is 29.8 Å². The summed E-state index contributed by atoms with van der Waals surface area (Å²) < 4.78 is 95.5. The van der Waals surface area contributed by atoms with Crippen LogP contribution in [0.25, 0.3) is 0 Å². The summed E-state index contributed by atoms with van der Waals surface area (Å²) in [6.45, 7) is 5.88. The van der Waals surface area contributed by atoms with E-state index in [0.29, 0.717) is 24.7 Å². The van der Waals surface area contributed by atoms with Crippen LogP contribution < -0.4 is 0 Å². The van der Waals surface area contributed by atoms with Crippen molar-refractivity contribution in [2.24, 2.45) is 34.5 Å². The summed E-state index contributed by atoms with van der Waals surface area (Å²) >= 11 is 0. The van der Waals surface area contributed by atoms with Crippen molar-refractivity contribution >= 4 is 11.8 Å². The summed E-state index contributed by atoms with van der Waals surface area (Å²) in [4.78, 5) is 23.9. The molecule has 0 radical (unpaired) electrons. The topological polar surface area (TPSA) is 43.4 Å². The van der Waals surface area contributed by atoms with Gasteiger partial charge >= 0.3 is 24.0 Å². The third-order valence-electron chi connectivity index (χ3n) is 9.45. The molecule has 0 spiro atoms. The number of fused-ring (bicyclic) bond motifs is 5. The molecule has 0 bridgehead atoms. The van der Waals surface area contributed by atoms with E-state index in [4.69, 9.17) is 0 Å². The van der Waals surface area contributed by atoms with Crippen LogP contribution in [0.1, 0.15) is 65.7 Å². The van der Waals surface area contributed by atoms with Crippen LogP contribution in [0.2, 0.25) is 0 Å². The van der Waals surface area contributed by atoms with Crippen molar-refractivity contribution < 1.29 is 45.1 Å². The number of ketones is 1. The van der Waals surface area contributed by atoms with Gasteiger partial charge < -0.3 is 4.74 Å². The van der Waals surface area contributed by atoms with Crippen molar-refractivity contribution in [2.75, 3.05) is 0 Å². The molecular formula is C25H29F7O3. The molecule has 0 saturated heterocycles. The monoisotopic (exact) mass is 510 g/mol. The van der Waals surface area contributed by atoms with E-state index in [1.807, 2.05) is 13.0 Å². The van der Waals surface area contributed by atoms with Crippen molar-refractivity contribution in [3.05, 3.63) is 23.5 Å². The molecule has 0 aromatic carbocycles. The number of Topliss-reactive ketones (excluding diaryl/α,β-unsaturated/α-hetero) is 1. The number of allylic oxidation sites excluding steroid dienone is 4. The van der Waals surface area contributed by atoms with E-state index in [1.165, 1.54) is 6.08 Å². The van der Waals surface area contributed by atoms with Crippen molar-refractivity contribution in [3.8, 4) is 0 Å². The zero-order chi connectivity index (χ0) is 26.2. The average Bonchev–Trinajstić information content (AvgIpc) is 3.10. The van der Waals surface area contributed by atoms with Crippen LogP contribution in [0.15, 0.2) is 23.5 Å². The minimum Gasteiger partial charge on any atom is -0.426 e. The van der Waals surface area contributed by atoms with Gasteiger partial charge in [0.2, 0.25) is 0 Å². The second kappa shape index (κ2) is 8.07. The molecule has 0 amide bonds. The highest BCUT2D eigenvalue weighted by molar-refractivity contribution is 5.80. The lowest BCUT2D eigenvalue weighted by molar-refractivity contribution is -0.347. The summed E-state index contributed by atoms with van der Waals surface area (Å²) in [5.41, 5.74) is 0.297. The van der Waals surface area contributed by atoms with Crippen LogP contribution >= 0.6 is 0 Å². The second-order valence-electron chi connectivity index (χ2n) is 11.1.